The summed E-state index contributed by atoms with van der Waals surface area (Å²) in [6, 6.07) is 0. The van der Waals surface area contributed by atoms with Crippen molar-refractivity contribution in [3.8, 4) is 0 Å². The van der Waals surface area contributed by atoms with E-state index < -0.39 is 33.1 Å². The molecular formula is C15H33NO7Si. The zero-order chi connectivity index (χ0) is 18.6. The molecule has 3 unspecified atom stereocenters. The van der Waals surface area contributed by atoms with Crippen molar-refractivity contribution in [3.63, 3.8) is 0 Å². The quantitative estimate of drug-likeness (QED) is 0.395. The van der Waals surface area contributed by atoms with Gasteiger partial charge in [0.15, 0.2) is 6.29 Å². The average Bonchev–Trinajstić information content (AvgIpc) is 2.52. The second-order valence-electron chi connectivity index (χ2n) is 4.92. The Morgan fingerprint density at radius 1 is 0.958 bits per heavy atom. The van der Waals surface area contributed by atoms with Crippen molar-refractivity contribution < 1.29 is 32.3 Å². The van der Waals surface area contributed by atoms with Crippen LogP contribution >= 0.6 is 0 Å². The first-order valence-corrected chi connectivity index (χ1v) is 10.3. The van der Waals surface area contributed by atoms with Crippen LogP contribution in [-0.4, -0.2) is 60.1 Å². The fourth-order valence-electron chi connectivity index (χ4n) is 2.15. The van der Waals surface area contributed by atoms with Crippen LogP contribution in [0, 0.1) is 0 Å². The summed E-state index contributed by atoms with van der Waals surface area (Å²) >= 11 is 0. The molecule has 0 bridgehead atoms. The van der Waals surface area contributed by atoms with Gasteiger partial charge >= 0.3 is 14.9 Å². The molecule has 0 aliphatic rings. The van der Waals surface area contributed by atoms with E-state index in [2.05, 4.69) is 5.32 Å². The molecule has 24 heavy (non-hydrogen) atoms. The molecule has 0 aromatic rings. The van der Waals surface area contributed by atoms with Crippen molar-refractivity contribution in [1.82, 2.24) is 5.32 Å². The van der Waals surface area contributed by atoms with Gasteiger partial charge in [-0.25, -0.2) is 4.79 Å². The number of alkyl carbamates (subject to hydrolysis) is 1. The summed E-state index contributed by atoms with van der Waals surface area (Å²) in [6.07, 6.45) is -1.25. The molecule has 0 aromatic carbocycles. The molecule has 0 aliphatic carbocycles. The summed E-state index contributed by atoms with van der Waals surface area (Å²) in [5.41, 5.74) is -0.406. The van der Waals surface area contributed by atoms with E-state index in [9.17, 15) is 4.79 Å². The fourth-order valence-corrected chi connectivity index (χ4v) is 5.01. The monoisotopic (exact) mass is 367 g/mol. The minimum atomic E-state index is -3.06. The third-order valence-corrected chi connectivity index (χ3v) is 6.63. The normalized spacial score (nSPS) is 15.6. The lowest BCUT2D eigenvalue weighted by atomic mass is 10.5. The number of amides is 1. The molecule has 0 saturated carbocycles. The highest BCUT2D eigenvalue weighted by molar-refractivity contribution is 6.62. The lowest BCUT2D eigenvalue weighted by Gasteiger charge is -2.35. The predicted octanol–water partition coefficient (Wildman–Crippen LogP) is 2.43. The second kappa shape index (κ2) is 12.6. The molecule has 1 amide bonds. The van der Waals surface area contributed by atoms with Crippen molar-refractivity contribution in [3.05, 3.63) is 0 Å². The molecule has 144 valence electrons. The second-order valence-corrected chi connectivity index (χ2v) is 7.69. The number of rotatable bonds is 13. The van der Waals surface area contributed by atoms with E-state index >= 15 is 0 Å². The third kappa shape index (κ3) is 7.91. The number of methoxy groups -OCH3 is 1. The van der Waals surface area contributed by atoms with E-state index in [0.717, 1.165) is 0 Å². The fraction of sp³-hybridized carbons (Fsp3) is 0.933. The summed E-state index contributed by atoms with van der Waals surface area (Å²) in [7, 11) is -1.54. The molecule has 0 aromatic heterocycles. The van der Waals surface area contributed by atoms with Gasteiger partial charge in [0.05, 0.1) is 0 Å². The molecule has 0 heterocycles. The molecule has 3 atom stereocenters. The summed E-state index contributed by atoms with van der Waals surface area (Å²) in [4.78, 5) is 12.2. The van der Waals surface area contributed by atoms with Gasteiger partial charge in [0.1, 0.15) is 5.67 Å². The number of nitrogens with one attached hydrogen (secondary N) is 1. The molecule has 0 rings (SSSR count). The minimum absolute atomic E-state index is 0.406. The number of hydrogen-bond donors (Lipinski definition) is 1. The first-order chi connectivity index (χ1) is 11.4. The van der Waals surface area contributed by atoms with Gasteiger partial charge in [-0.15, -0.1) is 0 Å². The van der Waals surface area contributed by atoms with Crippen LogP contribution in [0.3, 0.4) is 0 Å². The van der Waals surface area contributed by atoms with E-state index in [-0.39, 0.29) is 0 Å². The van der Waals surface area contributed by atoms with Crippen LogP contribution in [-0.2, 0) is 27.5 Å². The van der Waals surface area contributed by atoms with E-state index in [1.807, 2.05) is 27.7 Å². The SMILES string of the molecule is CCO[Si](OCC)(OCC)C(CC)NC(=O)OC(C)OC(C)OC. The molecule has 8 nitrogen and oxygen atoms in total. The first-order valence-electron chi connectivity index (χ1n) is 8.46. The van der Waals surface area contributed by atoms with E-state index in [1.54, 1.807) is 13.8 Å². The van der Waals surface area contributed by atoms with Crippen molar-refractivity contribution in [2.24, 2.45) is 0 Å². The maximum Gasteiger partial charge on any atom is 0.524 e. The van der Waals surface area contributed by atoms with Crippen LogP contribution in [0.5, 0.6) is 0 Å². The van der Waals surface area contributed by atoms with Crippen LogP contribution < -0.4 is 5.32 Å². The lowest BCUT2D eigenvalue weighted by molar-refractivity contribution is -0.202. The van der Waals surface area contributed by atoms with Crippen LogP contribution in [0.1, 0.15) is 48.0 Å². The standard InChI is InChI=1S/C15H33NO7Si/c1-8-14(24(19-9-2,20-10-3)21-11-4)16-15(17)23-13(6)22-12(5)18-7/h12-14H,8-11H2,1-7H3,(H,16,17). The zero-order valence-corrected chi connectivity index (χ0v) is 16.9. The zero-order valence-electron chi connectivity index (χ0n) is 15.9. The highest BCUT2D eigenvalue weighted by atomic mass is 28.4. The molecule has 9 heteroatoms. The van der Waals surface area contributed by atoms with E-state index in [1.165, 1.54) is 7.11 Å². The smallest absolute Gasteiger partial charge is 0.420 e. The van der Waals surface area contributed by atoms with Crippen LogP contribution in [0.25, 0.3) is 0 Å². The first kappa shape index (κ1) is 23.3. The van der Waals surface area contributed by atoms with Gasteiger partial charge in [-0.3, -0.25) is 0 Å². The average molecular weight is 368 g/mol. The summed E-state index contributed by atoms with van der Waals surface area (Å²) in [5, 5.41) is 2.79. The van der Waals surface area contributed by atoms with Crippen LogP contribution in [0.15, 0.2) is 0 Å². The molecule has 0 saturated heterocycles. The highest BCUT2D eigenvalue weighted by Crippen LogP contribution is 2.18. The predicted molar refractivity (Wildman–Crippen MR) is 91.3 cm³/mol. The van der Waals surface area contributed by atoms with Crippen LogP contribution in [0.2, 0.25) is 0 Å². The molecule has 1 N–H and O–H groups in total. The van der Waals surface area contributed by atoms with Gasteiger partial charge in [0, 0.05) is 26.9 Å². The number of carbonyl (C=O) groups is 1. The Bertz CT molecular complexity index is 329. The maximum absolute atomic E-state index is 12.2. The van der Waals surface area contributed by atoms with E-state index in [0.29, 0.717) is 26.2 Å². The topological polar surface area (TPSA) is 84.5 Å². The van der Waals surface area contributed by atoms with Crippen LogP contribution in [0.4, 0.5) is 4.79 Å². The Kier molecular flexibility index (Phi) is 12.2. The van der Waals surface area contributed by atoms with Crippen molar-refractivity contribution in [2.75, 3.05) is 26.9 Å². The van der Waals surface area contributed by atoms with Crippen molar-refractivity contribution >= 4 is 14.9 Å². The summed E-state index contributed by atoms with van der Waals surface area (Å²) < 4.78 is 33.0. The van der Waals surface area contributed by atoms with Gasteiger partial charge in [0.2, 0.25) is 6.29 Å². The summed E-state index contributed by atoms with van der Waals surface area (Å²) in [5.74, 6) is 0. The largest absolute Gasteiger partial charge is 0.524 e. The van der Waals surface area contributed by atoms with Gasteiger partial charge in [-0.2, -0.15) is 0 Å². The van der Waals surface area contributed by atoms with E-state index in [4.69, 9.17) is 27.5 Å². The Balaban J connectivity index is 4.91. The molecule has 0 spiro atoms. The Morgan fingerprint density at radius 3 is 1.83 bits per heavy atom. The number of hydrogen-bond acceptors (Lipinski definition) is 7. The van der Waals surface area contributed by atoms with Crippen molar-refractivity contribution in [2.45, 2.75) is 66.2 Å². The molecule has 0 fully saturated rings. The maximum atomic E-state index is 12.2. The van der Waals surface area contributed by atoms with Gasteiger partial charge in [-0.1, -0.05) is 6.92 Å². The number of carbonyl (C=O) groups excluding carboxylic acids is 1. The summed E-state index contributed by atoms with van der Waals surface area (Å²) in [6.45, 7) is 12.2. The van der Waals surface area contributed by atoms with Crippen molar-refractivity contribution in [1.29, 1.82) is 0 Å². The molecular weight excluding hydrogens is 334 g/mol. The lowest BCUT2D eigenvalue weighted by Crippen LogP contribution is -2.63. The number of ether oxygens (including phenoxy) is 3. The molecule has 0 aliphatic heterocycles. The molecule has 0 radical (unpaired) electrons. The highest BCUT2D eigenvalue weighted by Gasteiger charge is 2.49. The minimum Gasteiger partial charge on any atom is -0.420 e. The van der Waals surface area contributed by atoms with Gasteiger partial charge in [0.25, 0.3) is 0 Å². The Labute approximate surface area is 146 Å². The van der Waals surface area contributed by atoms with Gasteiger partial charge in [-0.05, 0) is 41.0 Å². The third-order valence-electron chi connectivity index (χ3n) is 3.15. The van der Waals surface area contributed by atoms with Gasteiger partial charge < -0.3 is 32.8 Å². The Hall–Kier alpha value is -0.713. The Morgan fingerprint density at radius 2 is 1.46 bits per heavy atom.